The Morgan fingerprint density at radius 3 is 2.09 bits per heavy atom. The molecule has 0 aromatic heterocycles. The number of nitrogens with zero attached hydrogens (tertiary/aromatic N) is 4. The molecule has 0 spiro atoms. The van der Waals surface area contributed by atoms with Gasteiger partial charge in [0.05, 0.1) is 12.2 Å². The smallest absolute Gasteiger partial charge is 0.332 e. The number of benzene rings is 2. The van der Waals surface area contributed by atoms with Crippen LogP contribution in [0.25, 0.3) is 0 Å². The Hall–Kier alpha value is -3.19. The van der Waals surface area contributed by atoms with Gasteiger partial charge in [-0.25, -0.2) is 9.69 Å². The predicted octanol–water partition coefficient (Wildman–Crippen LogP) is 3.40. The first kappa shape index (κ1) is 23.5. The molecule has 3 heterocycles. The Bertz CT molecular complexity index is 1030. The molecule has 3 aliphatic heterocycles. The highest BCUT2D eigenvalue weighted by atomic mass is 16.2. The SMILES string of the molecule is O=C(CN1CCC(N2CC(=O)N(c3ccccc3)C2=O)CC1)N1CCC(Cc2ccccc2)CC1. The second-order valence-corrected chi connectivity index (χ2v) is 10.00. The number of hydrogen-bond acceptors (Lipinski definition) is 4. The third-order valence-corrected chi connectivity index (χ3v) is 7.70. The standard InChI is InChI=1S/C28H34N4O3/c33-26(30-17-11-23(12-18-30)19-22-7-3-1-4-8-22)20-29-15-13-24(14-16-29)31-21-27(34)32(28(31)35)25-9-5-2-6-10-25/h1-10,23-24H,11-21H2. The quantitative estimate of drug-likeness (QED) is 0.602. The highest BCUT2D eigenvalue weighted by Gasteiger charge is 2.41. The van der Waals surface area contributed by atoms with Gasteiger partial charge in [-0.15, -0.1) is 0 Å². The van der Waals surface area contributed by atoms with Crippen LogP contribution in [0.2, 0.25) is 0 Å². The average molecular weight is 475 g/mol. The molecule has 3 fully saturated rings. The summed E-state index contributed by atoms with van der Waals surface area (Å²) in [5, 5.41) is 0. The highest BCUT2D eigenvalue weighted by molar-refractivity contribution is 6.19. The molecule has 4 amide bonds. The fourth-order valence-electron chi connectivity index (χ4n) is 5.65. The van der Waals surface area contributed by atoms with Crippen LogP contribution < -0.4 is 4.90 Å². The van der Waals surface area contributed by atoms with Crippen molar-refractivity contribution >= 4 is 23.5 Å². The first-order chi connectivity index (χ1) is 17.1. The molecule has 0 saturated carbocycles. The van der Waals surface area contributed by atoms with Crippen LogP contribution in [0.15, 0.2) is 60.7 Å². The number of rotatable bonds is 6. The van der Waals surface area contributed by atoms with Crippen molar-refractivity contribution in [2.24, 2.45) is 5.92 Å². The minimum Gasteiger partial charge on any atom is -0.342 e. The van der Waals surface area contributed by atoms with Crippen molar-refractivity contribution in [3.8, 4) is 0 Å². The van der Waals surface area contributed by atoms with Gasteiger partial charge >= 0.3 is 6.03 Å². The molecule has 7 heteroatoms. The molecule has 3 aliphatic rings. The summed E-state index contributed by atoms with van der Waals surface area (Å²) in [7, 11) is 0. The molecule has 5 rings (SSSR count). The van der Waals surface area contributed by atoms with Crippen LogP contribution in [0.5, 0.6) is 0 Å². The van der Waals surface area contributed by atoms with Gasteiger partial charge in [0.1, 0.15) is 6.54 Å². The first-order valence-electron chi connectivity index (χ1n) is 12.8. The van der Waals surface area contributed by atoms with Crippen molar-refractivity contribution in [3.63, 3.8) is 0 Å². The van der Waals surface area contributed by atoms with Crippen molar-refractivity contribution in [3.05, 3.63) is 66.2 Å². The number of carbonyl (C=O) groups is 3. The predicted molar refractivity (Wildman–Crippen MR) is 135 cm³/mol. The van der Waals surface area contributed by atoms with E-state index in [2.05, 4.69) is 35.2 Å². The summed E-state index contributed by atoms with van der Waals surface area (Å²) in [5.41, 5.74) is 2.01. The van der Waals surface area contributed by atoms with Crippen molar-refractivity contribution in [2.75, 3.05) is 44.2 Å². The molecular weight excluding hydrogens is 440 g/mol. The van der Waals surface area contributed by atoms with Crippen LogP contribution in [-0.4, -0.2) is 77.9 Å². The zero-order valence-corrected chi connectivity index (χ0v) is 20.2. The van der Waals surface area contributed by atoms with Gasteiger partial charge in [-0.3, -0.25) is 14.5 Å². The van der Waals surface area contributed by atoms with E-state index in [0.717, 1.165) is 58.3 Å². The van der Waals surface area contributed by atoms with E-state index in [1.807, 2.05) is 23.1 Å². The van der Waals surface area contributed by atoms with Crippen molar-refractivity contribution in [2.45, 2.75) is 38.1 Å². The normalized spacial score (nSPS) is 20.6. The topological polar surface area (TPSA) is 64.2 Å². The molecule has 7 nitrogen and oxygen atoms in total. The summed E-state index contributed by atoms with van der Waals surface area (Å²) >= 11 is 0. The summed E-state index contributed by atoms with van der Waals surface area (Å²) in [6.45, 7) is 3.79. The Kier molecular flexibility index (Phi) is 7.13. The van der Waals surface area contributed by atoms with Crippen molar-refractivity contribution in [1.29, 1.82) is 0 Å². The van der Waals surface area contributed by atoms with Gasteiger partial charge in [0, 0.05) is 32.2 Å². The Morgan fingerprint density at radius 2 is 1.43 bits per heavy atom. The highest BCUT2D eigenvalue weighted by Crippen LogP contribution is 2.27. The molecule has 0 unspecified atom stereocenters. The van der Waals surface area contributed by atoms with E-state index < -0.39 is 0 Å². The van der Waals surface area contributed by atoms with Gasteiger partial charge in [0.25, 0.3) is 5.91 Å². The summed E-state index contributed by atoms with van der Waals surface area (Å²) in [6.07, 6.45) is 4.79. The maximum Gasteiger partial charge on any atom is 0.332 e. The minimum absolute atomic E-state index is 0.0419. The van der Waals surface area contributed by atoms with Crippen LogP contribution in [0, 0.1) is 5.92 Å². The monoisotopic (exact) mass is 474 g/mol. The van der Waals surface area contributed by atoms with Gasteiger partial charge in [-0.05, 0) is 55.7 Å². The van der Waals surface area contributed by atoms with Crippen LogP contribution in [0.1, 0.15) is 31.2 Å². The number of urea groups is 1. The fraction of sp³-hybridized carbons (Fsp3) is 0.464. The molecule has 2 aromatic carbocycles. The van der Waals surface area contributed by atoms with Gasteiger partial charge < -0.3 is 9.80 Å². The average Bonchev–Trinajstić information content (AvgIpc) is 3.19. The Labute approximate surface area is 207 Å². The second-order valence-electron chi connectivity index (χ2n) is 10.00. The molecule has 0 N–H and O–H groups in total. The Morgan fingerprint density at radius 1 is 0.800 bits per heavy atom. The van der Waals surface area contributed by atoms with E-state index >= 15 is 0 Å². The molecule has 3 saturated heterocycles. The maximum atomic E-state index is 13.0. The van der Waals surface area contributed by atoms with Crippen LogP contribution in [0.4, 0.5) is 10.5 Å². The van der Waals surface area contributed by atoms with E-state index in [1.54, 1.807) is 17.0 Å². The lowest BCUT2D eigenvalue weighted by Gasteiger charge is -2.37. The molecule has 0 bridgehead atoms. The number of carbonyl (C=O) groups excluding carboxylic acids is 3. The number of likely N-dealkylation sites (tertiary alicyclic amines) is 2. The van der Waals surface area contributed by atoms with Gasteiger partial charge in [0.15, 0.2) is 0 Å². The molecule has 2 aromatic rings. The summed E-state index contributed by atoms with van der Waals surface area (Å²) in [4.78, 5) is 45.7. The molecule has 0 aliphatic carbocycles. The molecule has 35 heavy (non-hydrogen) atoms. The summed E-state index contributed by atoms with van der Waals surface area (Å²) in [6, 6.07) is 19.5. The van der Waals surface area contributed by atoms with Crippen LogP contribution in [-0.2, 0) is 16.0 Å². The Balaban J connectivity index is 1.07. The molecule has 0 atom stereocenters. The largest absolute Gasteiger partial charge is 0.342 e. The lowest BCUT2D eigenvalue weighted by atomic mass is 9.90. The zero-order chi connectivity index (χ0) is 24.2. The lowest BCUT2D eigenvalue weighted by Crippen LogP contribution is -2.50. The molecular formula is C28H34N4O3. The number of piperidine rings is 2. The zero-order valence-electron chi connectivity index (χ0n) is 20.2. The summed E-state index contributed by atoms with van der Waals surface area (Å²) < 4.78 is 0. The van der Waals surface area contributed by atoms with E-state index in [0.29, 0.717) is 18.2 Å². The first-order valence-corrected chi connectivity index (χ1v) is 12.8. The van der Waals surface area contributed by atoms with E-state index in [4.69, 9.17) is 0 Å². The van der Waals surface area contributed by atoms with Crippen molar-refractivity contribution in [1.82, 2.24) is 14.7 Å². The van der Waals surface area contributed by atoms with E-state index in [-0.39, 0.29) is 30.4 Å². The van der Waals surface area contributed by atoms with Crippen LogP contribution >= 0.6 is 0 Å². The second kappa shape index (κ2) is 10.6. The third kappa shape index (κ3) is 5.40. The molecule has 184 valence electrons. The van der Waals surface area contributed by atoms with Gasteiger partial charge in [0.2, 0.25) is 5.91 Å². The lowest BCUT2D eigenvalue weighted by molar-refractivity contribution is -0.134. The number of anilines is 1. The van der Waals surface area contributed by atoms with Crippen molar-refractivity contribution < 1.29 is 14.4 Å². The van der Waals surface area contributed by atoms with Crippen LogP contribution in [0.3, 0.4) is 0 Å². The fourth-order valence-corrected chi connectivity index (χ4v) is 5.65. The third-order valence-electron chi connectivity index (χ3n) is 7.70. The summed E-state index contributed by atoms with van der Waals surface area (Å²) in [5.74, 6) is 0.687. The maximum absolute atomic E-state index is 13.0. The minimum atomic E-state index is -0.228. The van der Waals surface area contributed by atoms with Gasteiger partial charge in [-0.2, -0.15) is 0 Å². The van der Waals surface area contributed by atoms with E-state index in [9.17, 15) is 14.4 Å². The number of hydrogen-bond donors (Lipinski definition) is 0. The molecule has 0 radical (unpaired) electrons. The number of para-hydroxylation sites is 1. The van der Waals surface area contributed by atoms with E-state index in [1.165, 1.54) is 10.5 Å². The number of amides is 4. The number of imide groups is 1. The van der Waals surface area contributed by atoms with Gasteiger partial charge in [-0.1, -0.05) is 48.5 Å².